The van der Waals surface area contributed by atoms with Crippen molar-refractivity contribution in [3.05, 3.63) is 29.3 Å². The summed E-state index contributed by atoms with van der Waals surface area (Å²) in [6.07, 6.45) is 1.20. The Morgan fingerprint density at radius 3 is 3.00 bits per heavy atom. The first kappa shape index (κ1) is 15.2. The molecule has 1 aromatic rings. The maximum Gasteiger partial charge on any atom is 0.101 e. The van der Waals surface area contributed by atoms with Crippen LogP contribution in [-0.2, 0) is 6.54 Å². The fraction of sp³-hybridized carbons (Fsp3) is 0.562. The molecule has 0 spiro atoms. The van der Waals surface area contributed by atoms with Crippen molar-refractivity contribution < 1.29 is 0 Å². The summed E-state index contributed by atoms with van der Waals surface area (Å²) in [7, 11) is 0. The van der Waals surface area contributed by atoms with Gasteiger partial charge in [-0.05, 0) is 30.7 Å². The smallest absolute Gasteiger partial charge is 0.101 e. The Kier molecular flexibility index (Phi) is 5.75. The highest BCUT2D eigenvalue weighted by Crippen LogP contribution is 2.28. The average molecular weight is 289 g/mol. The zero-order valence-electron chi connectivity index (χ0n) is 12.4. The molecule has 1 aliphatic heterocycles. The maximum atomic E-state index is 9.42. The molecule has 1 fully saturated rings. The minimum Gasteiger partial charge on any atom is -0.369 e. The number of thioether (sulfide) groups is 1. The van der Waals surface area contributed by atoms with Crippen LogP contribution in [0.3, 0.4) is 0 Å². The molecule has 20 heavy (non-hydrogen) atoms. The van der Waals surface area contributed by atoms with E-state index < -0.39 is 0 Å². The Bertz CT molecular complexity index is 481. The van der Waals surface area contributed by atoms with E-state index >= 15 is 0 Å². The lowest BCUT2D eigenvalue weighted by atomic mass is 10.1. The molecule has 4 heteroatoms. The van der Waals surface area contributed by atoms with Gasteiger partial charge in [-0.2, -0.15) is 17.0 Å². The number of nitriles is 1. The Balaban J connectivity index is 2.16. The number of nitrogens with one attached hydrogen (secondary N) is 1. The van der Waals surface area contributed by atoms with Crippen LogP contribution in [0.1, 0.15) is 31.4 Å². The largest absolute Gasteiger partial charge is 0.369 e. The standard InChI is InChI=1S/C16H23N3S/c1-3-15-12-19(7-8-20-15)16-6-5-13(11-18-4-2)9-14(16)10-17/h5-6,9,15,18H,3-4,7-8,11-12H2,1-2H3. The minimum absolute atomic E-state index is 0.691. The van der Waals surface area contributed by atoms with Crippen LogP contribution < -0.4 is 10.2 Å². The van der Waals surface area contributed by atoms with Crippen molar-refractivity contribution in [1.29, 1.82) is 5.26 Å². The molecule has 2 rings (SSSR count). The average Bonchev–Trinajstić information content (AvgIpc) is 2.52. The van der Waals surface area contributed by atoms with Crippen LogP contribution in [0.4, 0.5) is 5.69 Å². The summed E-state index contributed by atoms with van der Waals surface area (Å²) in [5.41, 5.74) is 3.10. The van der Waals surface area contributed by atoms with Crippen molar-refractivity contribution in [2.24, 2.45) is 0 Å². The van der Waals surface area contributed by atoms with E-state index in [1.807, 2.05) is 6.07 Å². The summed E-state index contributed by atoms with van der Waals surface area (Å²) >= 11 is 2.05. The lowest BCUT2D eigenvalue weighted by molar-refractivity contribution is 0.720. The Hall–Kier alpha value is -1.18. The van der Waals surface area contributed by atoms with Crippen molar-refractivity contribution in [2.45, 2.75) is 32.1 Å². The van der Waals surface area contributed by atoms with Crippen LogP contribution in [0, 0.1) is 11.3 Å². The van der Waals surface area contributed by atoms with Crippen LogP contribution in [0.15, 0.2) is 18.2 Å². The lowest BCUT2D eigenvalue weighted by Crippen LogP contribution is -2.38. The van der Waals surface area contributed by atoms with E-state index in [0.29, 0.717) is 5.25 Å². The molecule has 0 bridgehead atoms. The molecule has 1 aromatic carbocycles. The van der Waals surface area contributed by atoms with Gasteiger partial charge in [-0.3, -0.25) is 0 Å². The van der Waals surface area contributed by atoms with Gasteiger partial charge in [-0.15, -0.1) is 0 Å². The molecule has 1 N–H and O–H groups in total. The number of nitrogens with zero attached hydrogens (tertiary/aromatic N) is 2. The summed E-state index contributed by atoms with van der Waals surface area (Å²) < 4.78 is 0. The quantitative estimate of drug-likeness (QED) is 0.904. The molecule has 0 saturated carbocycles. The van der Waals surface area contributed by atoms with Gasteiger partial charge in [0.15, 0.2) is 0 Å². The molecule has 1 aliphatic rings. The lowest BCUT2D eigenvalue weighted by Gasteiger charge is -2.34. The molecule has 3 nitrogen and oxygen atoms in total. The van der Waals surface area contributed by atoms with Crippen molar-refractivity contribution in [2.75, 3.05) is 30.3 Å². The Morgan fingerprint density at radius 1 is 1.45 bits per heavy atom. The third-order valence-corrected chi connectivity index (χ3v) is 5.07. The van der Waals surface area contributed by atoms with E-state index in [1.54, 1.807) is 0 Å². The highest BCUT2D eigenvalue weighted by Gasteiger charge is 2.21. The van der Waals surface area contributed by atoms with Gasteiger partial charge in [0, 0.05) is 30.6 Å². The normalized spacial score (nSPS) is 18.9. The van der Waals surface area contributed by atoms with E-state index in [4.69, 9.17) is 0 Å². The molecule has 1 saturated heterocycles. The van der Waals surface area contributed by atoms with Crippen LogP contribution in [-0.4, -0.2) is 30.6 Å². The predicted octanol–water partition coefficient (Wildman–Crippen LogP) is 3.00. The molecule has 0 aliphatic carbocycles. The summed E-state index contributed by atoms with van der Waals surface area (Å²) in [5.74, 6) is 1.16. The fourth-order valence-corrected chi connectivity index (χ4v) is 3.69. The fourth-order valence-electron chi connectivity index (χ4n) is 2.51. The summed E-state index contributed by atoms with van der Waals surface area (Å²) in [6.45, 7) is 8.22. The topological polar surface area (TPSA) is 39.1 Å². The molecule has 108 valence electrons. The van der Waals surface area contributed by atoms with Crippen molar-refractivity contribution in [3.8, 4) is 6.07 Å². The van der Waals surface area contributed by atoms with Crippen LogP contribution in [0.25, 0.3) is 0 Å². The van der Waals surface area contributed by atoms with E-state index in [9.17, 15) is 5.26 Å². The number of rotatable bonds is 5. The second kappa shape index (κ2) is 7.56. The molecule has 0 amide bonds. The Morgan fingerprint density at radius 2 is 2.30 bits per heavy atom. The van der Waals surface area contributed by atoms with Crippen LogP contribution in [0.2, 0.25) is 0 Å². The zero-order valence-corrected chi connectivity index (χ0v) is 13.2. The number of hydrogen-bond acceptors (Lipinski definition) is 4. The van der Waals surface area contributed by atoms with Gasteiger partial charge in [-0.1, -0.05) is 19.9 Å². The second-order valence-electron chi connectivity index (χ2n) is 5.09. The number of hydrogen-bond donors (Lipinski definition) is 1. The van der Waals surface area contributed by atoms with Gasteiger partial charge in [0.2, 0.25) is 0 Å². The highest BCUT2D eigenvalue weighted by atomic mass is 32.2. The third kappa shape index (κ3) is 3.68. The van der Waals surface area contributed by atoms with Gasteiger partial charge >= 0.3 is 0 Å². The summed E-state index contributed by atoms with van der Waals surface area (Å²) in [4.78, 5) is 2.38. The van der Waals surface area contributed by atoms with E-state index in [-0.39, 0.29) is 0 Å². The molecule has 1 unspecified atom stereocenters. The van der Waals surface area contributed by atoms with Crippen molar-refractivity contribution in [3.63, 3.8) is 0 Å². The van der Waals surface area contributed by atoms with E-state index in [2.05, 4.69) is 54.0 Å². The molecule has 0 radical (unpaired) electrons. The molecule has 0 aromatic heterocycles. The maximum absolute atomic E-state index is 9.42. The van der Waals surface area contributed by atoms with E-state index in [1.165, 1.54) is 12.0 Å². The third-order valence-electron chi connectivity index (χ3n) is 3.70. The van der Waals surface area contributed by atoms with Crippen molar-refractivity contribution in [1.82, 2.24) is 5.32 Å². The number of anilines is 1. The first-order valence-corrected chi connectivity index (χ1v) is 8.43. The van der Waals surface area contributed by atoms with E-state index in [0.717, 1.165) is 43.2 Å². The van der Waals surface area contributed by atoms with Gasteiger partial charge in [-0.25, -0.2) is 0 Å². The minimum atomic E-state index is 0.691. The molecule has 1 atom stereocenters. The van der Waals surface area contributed by atoms with Crippen LogP contribution in [0.5, 0.6) is 0 Å². The van der Waals surface area contributed by atoms with Crippen LogP contribution >= 0.6 is 11.8 Å². The second-order valence-corrected chi connectivity index (χ2v) is 6.50. The molecular formula is C16H23N3S. The predicted molar refractivity (Wildman–Crippen MR) is 87.3 cm³/mol. The Labute approximate surface area is 126 Å². The first-order valence-electron chi connectivity index (χ1n) is 7.38. The van der Waals surface area contributed by atoms with Gasteiger partial charge in [0.1, 0.15) is 6.07 Å². The number of benzene rings is 1. The summed E-state index contributed by atoms with van der Waals surface area (Å²) in [5, 5.41) is 13.4. The zero-order chi connectivity index (χ0) is 14.4. The molecule has 1 heterocycles. The van der Waals surface area contributed by atoms with Crippen molar-refractivity contribution >= 4 is 17.4 Å². The highest BCUT2D eigenvalue weighted by molar-refractivity contribution is 8.00. The van der Waals surface area contributed by atoms with Gasteiger partial charge in [0.05, 0.1) is 11.3 Å². The van der Waals surface area contributed by atoms with Gasteiger partial charge < -0.3 is 10.2 Å². The monoisotopic (exact) mass is 289 g/mol. The van der Waals surface area contributed by atoms with Gasteiger partial charge in [0.25, 0.3) is 0 Å². The molecular weight excluding hydrogens is 266 g/mol. The first-order chi connectivity index (χ1) is 9.78. The SMILES string of the molecule is CCNCc1ccc(N2CCSC(CC)C2)c(C#N)c1. The summed E-state index contributed by atoms with van der Waals surface area (Å²) in [6, 6.07) is 8.65.